The summed E-state index contributed by atoms with van der Waals surface area (Å²) in [4.78, 5) is 3.42. The van der Waals surface area contributed by atoms with E-state index in [1.54, 1.807) is 22.6 Å². The molecule has 0 saturated carbocycles. The third-order valence-corrected chi connectivity index (χ3v) is 2.92. The maximum atomic E-state index is 12.5. The fourth-order valence-corrected chi connectivity index (χ4v) is 1.54. The number of rotatable bonds is 1. The lowest BCUT2D eigenvalue weighted by molar-refractivity contribution is -0.139. The standard InChI is InChI=1S/C8H5F5IN/c1-3-5(6(9)10)4(8(11,12)13)2-15-7(3)14/h2,6H,1H3. The van der Waals surface area contributed by atoms with E-state index in [9.17, 15) is 22.0 Å². The first-order valence-corrected chi connectivity index (χ1v) is 4.83. The Morgan fingerprint density at radius 1 is 1.33 bits per heavy atom. The van der Waals surface area contributed by atoms with Crippen molar-refractivity contribution in [2.45, 2.75) is 19.5 Å². The van der Waals surface area contributed by atoms with Crippen molar-refractivity contribution in [3.8, 4) is 0 Å². The molecule has 0 fully saturated rings. The molecule has 0 amide bonds. The van der Waals surface area contributed by atoms with Gasteiger partial charge in [-0.05, 0) is 35.1 Å². The van der Waals surface area contributed by atoms with Gasteiger partial charge < -0.3 is 0 Å². The minimum atomic E-state index is -4.80. The minimum absolute atomic E-state index is 0.125. The molecule has 84 valence electrons. The first kappa shape index (κ1) is 12.6. The van der Waals surface area contributed by atoms with Crippen LogP contribution in [0.25, 0.3) is 0 Å². The third-order valence-electron chi connectivity index (χ3n) is 1.83. The average Bonchev–Trinajstić information content (AvgIpc) is 2.06. The van der Waals surface area contributed by atoms with Crippen molar-refractivity contribution in [2.75, 3.05) is 0 Å². The van der Waals surface area contributed by atoms with Gasteiger partial charge in [-0.3, -0.25) is 0 Å². The van der Waals surface area contributed by atoms with Gasteiger partial charge in [-0.1, -0.05) is 0 Å². The zero-order valence-corrected chi connectivity index (χ0v) is 9.53. The van der Waals surface area contributed by atoms with Crippen LogP contribution in [0.4, 0.5) is 22.0 Å². The van der Waals surface area contributed by atoms with Crippen LogP contribution in [0.1, 0.15) is 23.1 Å². The highest BCUT2D eigenvalue weighted by atomic mass is 127. The maximum absolute atomic E-state index is 12.5. The van der Waals surface area contributed by atoms with Gasteiger partial charge in [0.25, 0.3) is 6.43 Å². The van der Waals surface area contributed by atoms with E-state index in [1.807, 2.05) is 0 Å². The second kappa shape index (κ2) is 4.18. The largest absolute Gasteiger partial charge is 0.418 e. The number of hydrogen-bond acceptors (Lipinski definition) is 1. The molecule has 0 atom stereocenters. The molecule has 0 aliphatic heterocycles. The second-order valence-corrected chi connectivity index (χ2v) is 3.82. The lowest BCUT2D eigenvalue weighted by Crippen LogP contribution is -2.13. The van der Waals surface area contributed by atoms with Crippen molar-refractivity contribution in [1.82, 2.24) is 4.98 Å². The van der Waals surface area contributed by atoms with Crippen LogP contribution < -0.4 is 0 Å². The second-order valence-electron chi connectivity index (χ2n) is 2.80. The normalized spacial score (nSPS) is 12.3. The topological polar surface area (TPSA) is 12.9 Å². The smallest absolute Gasteiger partial charge is 0.249 e. The Balaban J connectivity index is 3.47. The summed E-state index contributed by atoms with van der Waals surface area (Å²) in [6.45, 7) is 1.20. The highest BCUT2D eigenvalue weighted by Gasteiger charge is 2.37. The predicted octanol–water partition coefficient (Wildman–Crippen LogP) is 3.95. The first-order valence-electron chi connectivity index (χ1n) is 3.75. The fraction of sp³-hybridized carbons (Fsp3) is 0.375. The summed E-state index contributed by atoms with van der Waals surface area (Å²) in [5, 5.41) is 0. The first-order chi connectivity index (χ1) is 6.75. The van der Waals surface area contributed by atoms with Gasteiger partial charge in [0, 0.05) is 11.8 Å². The van der Waals surface area contributed by atoms with Crippen molar-refractivity contribution >= 4 is 22.6 Å². The molecule has 1 nitrogen and oxygen atoms in total. The Kier molecular flexibility index (Phi) is 3.51. The molecular weight excluding hydrogens is 332 g/mol. The highest BCUT2D eigenvalue weighted by molar-refractivity contribution is 14.1. The molecule has 0 saturated heterocycles. The van der Waals surface area contributed by atoms with Crippen LogP contribution in [0.3, 0.4) is 0 Å². The fourth-order valence-electron chi connectivity index (χ4n) is 1.11. The molecule has 15 heavy (non-hydrogen) atoms. The average molecular weight is 337 g/mol. The Bertz CT molecular complexity index is 374. The molecule has 0 aromatic carbocycles. The van der Waals surface area contributed by atoms with E-state index in [0.717, 1.165) is 0 Å². The van der Waals surface area contributed by atoms with Crippen LogP contribution in [0.2, 0.25) is 0 Å². The Morgan fingerprint density at radius 2 is 1.87 bits per heavy atom. The zero-order chi connectivity index (χ0) is 11.8. The minimum Gasteiger partial charge on any atom is -0.249 e. The molecule has 0 N–H and O–H groups in total. The molecule has 1 aromatic rings. The van der Waals surface area contributed by atoms with Crippen LogP contribution in [-0.2, 0) is 6.18 Å². The van der Waals surface area contributed by atoms with E-state index in [1.165, 1.54) is 6.92 Å². The van der Waals surface area contributed by atoms with Crippen molar-refractivity contribution in [3.05, 3.63) is 26.6 Å². The number of halogens is 6. The maximum Gasteiger partial charge on any atom is 0.418 e. The Hall–Kier alpha value is -0.470. The van der Waals surface area contributed by atoms with Gasteiger partial charge >= 0.3 is 6.18 Å². The molecule has 0 bridgehead atoms. The van der Waals surface area contributed by atoms with E-state index < -0.39 is 23.7 Å². The SMILES string of the molecule is Cc1c(I)ncc(C(F)(F)F)c1C(F)F. The summed E-state index contributed by atoms with van der Waals surface area (Å²) >= 11 is 1.62. The number of nitrogens with zero attached hydrogens (tertiary/aromatic N) is 1. The summed E-state index contributed by atoms with van der Waals surface area (Å²) in [7, 11) is 0. The van der Waals surface area contributed by atoms with Crippen LogP contribution in [0.15, 0.2) is 6.20 Å². The summed E-state index contributed by atoms with van der Waals surface area (Å²) in [5.41, 5.74) is -2.47. The summed E-state index contributed by atoms with van der Waals surface area (Å²) in [5.74, 6) is 0. The van der Waals surface area contributed by atoms with Crippen LogP contribution in [0, 0.1) is 10.6 Å². The van der Waals surface area contributed by atoms with Gasteiger partial charge in [0.05, 0.1) is 5.56 Å². The molecule has 1 rings (SSSR count). The molecule has 7 heteroatoms. The van der Waals surface area contributed by atoms with Crippen LogP contribution in [0.5, 0.6) is 0 Å². The van der Waals surface area contributed by atoms with Crippen LogP contribution in [-0.4, -0.2) is 4.98 Å². The van der Waals surface area contributed by atoms with Crippen molar-refractivity contribution < 1.29 is 22.0 Å². The monoisotopic (exact) mass is 337 g/mol. The molecule has 0 radical (unpaired) electrons. The lowest BCUT2D eigenvalue weighted by atomic mass is 10.1. The van der Waals surface area contributed by atoms with E-state index in [-0.39, 0.29) is 9.26 Å². The van der Waals surface area contributed by atoms with Gasteiger partial charge in [0.15, 0.2) is 0 Å². The molecule has 1 heterocycles. The highest BCUT2D eigenvalue weighted by Crippen LogP contribution is 2.38. The van der Waals surface area contributed by atoms with Crippen LogP contribution >= 0.6 is 22.6 Å². The van der Waals surface area contributed by atoms with Gasteiger partial charge in [-0.2, -0.15) is 13.2 Å². The summed E-state index contributed by atoms with van der Waals surface area (Å²) in [6.07, 6.45) is -7.51. The Labute approximate surface area is 95.8 Å². The van der Waals surface area contributed by atoms with Crippen molar-refractivity contribution in [2.24, 2.45) is 0 Å². The van der Waals surface area contributed by atoms with E-state index in [2.05, 4.69) is 4.98 Å². The number of pyridine rings is 1. The molecule has 0 unspecified atom stereocenters. The molecule has 1 aromatic heterocycles. The van der Waals surface area contributed by atoms with Gasteiger partial charge in [-0.15, -0.1) is 0 Å². The van der Waals surface area contributed by atoms with Gasteiger partial charge in [-0.25, -0.2) is 13.8 Å². The van der Waals surface area contributed by atoms with Gasteiger partial charge in [0.1, 0.15) is 3.70 Å². The Morgan fingerprint density at radius 3 is 2.27 bits per heavy atom. The van der Waals surface area contributed by atoms with E-state index in [0.29, 0.717) is 6.20 Å². The van der Waals surface area contributed by atoms with E-state index in [4.69, 9.17) is 0 Å². The molecular formula is C8H5F5IN. The third kappa shape index (κ3) is 2.56. The van der Waals surface area contributed by atoms with Crippen molar-refractivity contribution in [1.29, 1.82) is 0 Å². The van der Waals surface area contributed by atoms with Crippen molar-refractivity contribution in [3.63, 3.8) is 0 Å². The molecule has 0 aliphatic rings. The number of hydrogen-bond donors (Lipinski definition) is 0. The predicted molar refractivity (Wildman–Crippen MR) is 51.6 cm³/mol. The molecule has 0 spiro atoms. The summed E-state index contributed by atoms with van der Waals surface area (Å²) in [6, 6.07) is 0. The molecule has 0 aliphatic carbocycles. The van der Waals surface area contributed by atoms with Gasteiger partial charge in [0.2, 0.25) is 0 Å². The lowest BCUT2D eigenvalue weighted by Gasteiger charge is -2.14. The quantitative estimate of drug-likeness (QED) is 0.430. The number of alkyl halides is 5. The summed E-state index contributed by atoms with van der Waals surface area (Å²) < 4.78 is 62.1. The number of aromatic nitrogens is 1. The van der Waals surface area contributed by atoms with E-state index >= 15 is 0 Å². The zero-order valence-electron chi connectivity index (χ0n) is 7.37.